The number of carbonyl (C=O) groups excluding carboxylic acids is 1. The monoisotopic (exact) mass is 266 g/mol. The van der Waals surface area contributed by atoms with Crippen LogP contribution in [0.5, 0.6) is 5.88 Å². The lowest BCUT2D eigenvalue weighted by Gasteiger charge is -2.24. The summed E-state index contributed by atoms with van der Waals surface area (Å²) in [5, 5.41) is 5.94. The number of methoxy groups -OCH3 is 1. The first kappa shape index (κ1) is 15.2. The molecule has 0 aliphatic heterocycles. The second kappa shape index (κ2) is 5.86. The van der Waals surface area contributed by atoms with E-state index in [0.717, 1.165) is 0 Å². The largest absolute Gasteiger partial charge is 0.481 e. The number of hydrogen-bond donors (Lipinski definition) is 2. The van der Waals surface area contributed by atoms with Crippen molar-refractivity contribution in [3.05, 3.63) is 11.9 Å². The number of anilines is 1. The van der Waals surface area contributed by atoms with Gasteiger partial charge in [0.1, 0.15) is 17.7 Å². The van der Waals surface area contributed by atoms with Crippen LogP contribution in [-0.4, -0.2) is 34.6 Å². The Morgan fingerprint density at radius 2 is 2.00 bits per heavy atom. The Morgan fingerprint density at radius 1 is 1.37 bits per heavy atom. The molecule has 0 bridgehead atoms. The van der Waals surface area contributed by atoms with Crippen molar-refractivity contribution in [2.45, 2.75) is 46.2 Å². The zero-order valence-corrected chi connectivity index (χ0v) is 12.4. The number of rotatable bonds is 4. The van der Waals surface area contributed by atoms with Gasteiger partial charge in [-0.2, -0.15) is 4.98 Å². The smallest absolute Gasteiger partial charge is 0.242 e. The molecule has 0 aromatic carbocycles. The van der Waals surface area contributed by atoms with Gasteiger partial charge >= 0.3 is 0 Å². The maximum Gasteiger partial charge on any atom is 0.242 e. The quantitative estimate of drug-likeness (QED) is 0.864. The molecule has 0 saturated carbocycles. The molecule has 0 fully saturated rings. The minimum atomic E-state index is -0.391. The first-order valence-corrected chi connectivity index (χ1v) is 6.19. The lowest BCUT2D eigenvalue weighted by molar-refractivity contribution is -0.122. The summed E-state index contributed by atoms with van der Waals surface area (Å²) in [6, 6.07) is 1.27. The summed E-state index contributed by atoms with van der Waals surface area (Å²) in [5.74, 6) is 1.55. The van der Waals surface area contributed by atoms with Crippen LogP contribution < -0.4 is 15.4 Å². The van der Waals surface area contributed by atoms with E-state index < -0.39 is 6.04 Å². The molecule has 0 aliphatic rings. The van der Waals surface area contributed by atoms with Crippen molar-refractivity contribution in [2.75, 3.05) is 12.4 Å². The Balaban J connectivity index is 2.74. The minimum Gasteiger partial charge on any atom is -0.481 e. The van der Waals surface area contributed by atoms with Crippen molar-refractivity contribution in [1.82, 2.24) is 15.3 Å². The van der Waals surface area contributed by atoms with Gasteiger partial charge in [0.2, 0.25) is 11.8 Å². The van der Waals surface area contributed by atoms with E-state index in [1.165, 1.54) is 0 Å². The van der Waals surface area contributed by atoms with Gasteiger partial charge in [0.05, 0.1) is 7.11 Å². The number of amides is 1. The van der Waals surface area contributed by atoms with Gasteiger partial charge in [-0.15, -0.1) is 0 Å². The van der Waals surface area contributed by atoms with E-state index in [2.05, 4.69) is 20.6 Å². The zero-order valence-electron chi connectivity index (χ0n) is 12.4. The number of aryl methyl sites for hydroxylation is 1. The fourth-order valence-corrected chi connectivity index (χ4v) is 1.48. The molecule has 1 heterocycles. The lowest BCUT2D eigenvalue weighted by atomic mass is 10.1. The summed E-state index contributed by atoms with van der Waals surface area (Å²) in [6.07, 6.45) is 0. The van der Waals surface area contributed by atoms with E-state index in [-0.39, 0.29) is 11.4 Å². The molecule has 2 N–H and O–H groups in total. The maximum absolute atomic E-state index is 12.0. The van der Waals surface area contributed by atoms with E-state index >= 15 is 0 Å². The van der Waals surface area contributed by atoms with Gasteiger partial charge in [-0.3, -0.25) is 4.79 Å². The molecule has 1 aromatic rings. The summed E-state index contributed by atoms with van der Waals surface area (Å²) >= 11 is 0. The number of hydrogen-bond acceptors (Lipinski definition) is 5. The van der Waals surface area contributed by atoms with Gasteiger partial charge in [-0.05, 0) is 34.6 Å². The zero-order chi connectivity index (χ0) is 14.6. The van der Waals surface area contributed by atoms with Gasteiger partial charge in [-0.25, -0.2) is 4.98 Å². The Bertz CT molecular complexity index is 454. The minimum absolute atomic E-state index is 0.0808. The molecule has 0 aliphatic carbocycles. The Morgan fingerprint density at radius 3 is 2.53 bits per heavy atom. The number of carbonyl (C=O) groups is 1. The van der Waals surface area contributed by atoms with Gasteiger partial charge in [0.25, 0.3) is 0 Å². The SMILES string of the molecule is COc1cc(NC(C)C(=O)NC(C)(C)C)nc(C)n1. The Kier molecular flexibility index (Phi) is 4.69. The molecule has 1 atom stereocenters. The predicted molar refractivity (Wildman–Crippen MR) is 74.3 cm³/mol. The summed E-state index contributed by atoms with van der Waals surface area (Å²) in [4.78, 5) is 20.3. The normalized spacial score (nSPS) is 12.7. The summed E-state index contributed by atoms with van der Waals surface area (Å²) in [6.45, 7) is 9.37. The number of nitrogens with one attached hydrogen (secondary N) is 2. The third kappa shape index (κ3) is 5.11. The highest BCUT2D eigenvalue weighted by atomic mass is 16.5. The molecule has 1 aromatic heterocycles. The second-order valence-electron chi connectivity index (χ2n) is 5.45. The molecule has 6 nitrogen and oxygen atoms in total. The summed E-state index contributed by atoms with van der Waals surface area (Å²) in [5.41, 5.74) is -0.258. The van der Waals surface area contributed by atoms with Crippen LogP contribution in [0.25, 0.3) is 0 Å². The van der Waals surface area contributed by atoms with Crippen molar-refractivity contribution in [2.24, 2.45) is 0 Å². The van der Waals surface area contributed by atoms with Crippen LogP contribution in [0.4, 0.5) is 5.82 Å². The molecule has 0 radical (unpaired) electrons. The highest BCUT2D eigenvalue weighted by molar-refractivity contribution is 5.84. The van der Waals surface area contributed by atoms with E-state index in [0.29, 0.717) is 17.5 Å². The maximum atomic E-state index is 12.0. The van der Waals surface area contributed by atoms with Gasteiger partial charge < -0.3 is 15.4 Å². The molecule has 1 unspecified atom stereocenters. The first-order valence-electron chi connectivity index (χ1n) is 6.19. The lowest BCUT2D eigenvalue weighted by Crippen LogP contribution is -2.47. The molecular formula is C13H22N4O2. The van der Waals surface area contributed by atoms with Crippen molar-refractivity contribution < 1.29 is 9.53 Å². The van der Waals surface area contributed by atoms with E-state index in [9.17, 15) is 4.79 Å². The fraction of sp³-hybridized carbons (Fsp3) is 0.615. The van der Waals surface area contributed by atoms with Gasteiger partial charge in [0.15, 0.2) is 0 Å². The van der Waals surface area contributed by atoms with Crippen molar-refractivity contribution >= 4 is 11.7 Å². The third-order valence-corrected chi connectivity index (χ3v) is 2.28. The summed E-state index contributed by atoms with van der Waals surface area (Å²) in [7, 11) is 1.54. The molecule has 106 valence electrons. The van der Waals surface area contributed by atoms with Crippen LogP contribution in [-0.2, 0) is 4.79 Å². The summed E-state index contributed by atoms with van der Waals surface area (Å²) < 4.78 is 5.07. The average molecular weight is 266 g/mol. The van der Waals surface area contributed by atoms with Crippen LogP contribution >= 0.6 is 0 Å². The van der Waals surface area contributed by atoms with E-state index in [1.807, 2.05) is 20.8 Å². The van der Waals surface area contributed by atoms with Crippen molar-refractivity contribution in [3.8, 4) is 5.88 Å². The average Bonchev–Trinajstić information content (AvgIpc) is 2.25. The Hall–Kier alpha value is -1.85. The number of nitrogens with zero attached hydrogens (tertiary/aromatic N) is 2. The standard InChI is InChI=1S/C13H22N4O2/c1-8(12(18)17-13(3,4)5)14-10-7-11(19-6)16-9(2)15-10/h7-8H,1-6H3,(H,17,18)(H,14,15,16). The third-order valence-electron chi connectivity index (χ3n) is 2.28. The molecule has 6 heteroatoms. The number of aromatic nitrogens is 2. The van der Waals surface area contributed by atoms with Crippen molar-refractivity contribution in [1.29, 1.82) is 0 Å². The molecule has 1 amide bonds. The molecular weight excluding hydrogens is 244 g/mol. The van der Waals surface area contributed by atoms with Crippen LogP contribution in [0.15, 0.2) is 6.07 Å². The van der Waals surface area contributed by atoms with Crippen molar-refractivity contribution in [3.63, 3.8) is 0 Å². The van der Waals surface area contributed by atoms with Crippen LogP contribution in [0.2, 0.25) is 0 Å². The highest BCUT2D eigenvalue weighted by Gasteiger charge is 2.19. The van der Waals surface area contributed by atoms with Crippen LogP contribution in [0.1, 0.15) is 33.5 Å². The predicted octanol–water partition coefficient (Wildman–Crippen LogP) is 1.51. The molecule has 0 spiro atoms. The van der Waals surface area contributed by atoms with Gasteiger partial charge in [-0.1, -0.05) is 0 Å². The fourth-order valence-electron chi connectivity index (χ4n) is 1.48. The highest BCUT2D eigenvalue weighted by Crippen LogP contribution is 2.13. The second-order valence-corrected chi connectivity index (χ2v) is 5.45. The first-order chi connectivity index (χ1) is 8.71. The van der Waals surface area contributed by atoms with E-state index in [1.54, 1.807) is 27.0 Å². The van der Waals surface area contributed by atoms with Crippen LogP contribution in [0, 0.1) is 6.92 Å². The molecule has 1 rings (SSSR count). The topological polar surface area (TPSA) is 76.1 Å². The van der Waals surface area contributed by atoms with Crippen LogP contribution in [0.3, 0.4) is 0 Å². The van der Waals surface area contributed by atoms with Gasteiger partial charge in [0, 0.05) is 11.6 Å². The molecule has 19 heavy (non-hydrogen) atoms. The molecule has 0 saturated heterocycles. The van der Waals surface area contributed by atoms with E-state index in [4.69, 9.17) is 4.74 Å². The number of ether oxygens (including phenoxy) is 1. The Labute approximate surface area is 114 Å².